The topological polar surface area (TPSA) is 63.4 Å². The van der Waals surface area contributed by atoms with Crippen molar-refractivity contribution in [2.24, 2.45) is 5.14 Å². The molecule has 2 N–H and O–H groups in total. The Bertz CT molecular complexity index is 279. The van der Waals surface area contributed by atoms with Gasteiger partial charge in [0.15, 0.2) is 0 Å². The number of hydrogen-bond donors (Lipinski definition) is 1. The minimum absolute atomic E-state index is 0.331. The van der Waals surface area contributed by atoms with E-state index in [0.29, 0.717) is 16.9 Å². The van der Waals surface area contributed by atoms with Gasteiger partial charge in [-0.2, -0.15) is 0 Å². The number of halogens is 1. The van der Waals surface area contributed by atoms with Gasteiger partial charge >= 0.3 is 0 Å². The van der Waals surface area contributed by atoms with E-state index in [1.165, 1.54) is 0 Å². The van der Waals surface area contributed by atoms with Crippen LogP contribution >= 0.6 is 22.6 Å². The van der Waals surface area contributed by atoms with Crippen molar-refractivity contribution in [1.29, 1.82) is 0 Å². The van der Waals surface area contributed by atoms with Crippen LogP contribution in [0.3, 0.4) is 0 Å². The van der Waals surface area contributed by atoms with Crippen molar-refractivity contribution in [2.75, 3.05) is 13.1 Å². The molecule has 1 aliphatic rings. The van der Waals surface area contributed by atoms with Crippen LogP contribution in [0.15, 0.2) is 0 Å². The van der Waals surface area contributed by atoms with Gasteiger partial charge in [0.1, 0.15) is 0 Å². The lowest BCUT2D eigenvalue weighted by atomic mass is 10.2. The highest BCUT2D eigenvalue weighted by Gasteiger charge is 2.25. The molecule has 0 spiro atoms. The fourth-order valence-electron chi connectivity index (χ4n) is 1.77. The van der Waals surface area contributed by atoms with E-state index in [0.717, 1.165) is 19.5 Å². The molecule has 0 aromatic heterocycles. The Morgan fingerprint density at radius 2 is 2.07 bits per heavy atom. The zero-order valence-corrected chi connectivity index (χ0v) is 11.3. The number of alkyl halides is 1. The summed E-state index contributed by atoms with van der Waals surface area (Å²) in [6.45, 7) is 3.94. The van der Waals surface area contributed by atoms with Crippen molar-refractivity contribution in [3.63, 3.8) is 0 Å². The number of likely N-dealkylation sites (tertiary alicyclic amines) is 1. The molecule has 1 heterocycles. The predicted molar refractivity (Wildman–Crippen MR) is 65.8 cm³/mol. The van der Waals surface area contributed by atoms with Crippen LogP contribution in [0.4, 0.5) is 0 Å². The monoisotopic (exact) mass is 332 g/mol. The number of nitrogens with zero attached hydrogens (tertiary/aromatic N) is 1. The average Bonchev–Trinajstić information content (AvgIpc) is 2.26. The van der Waals surface area contributed by atoms with Crippen molar-refractivity contribution in [3.05, 3.63) is 0 Å². The fourth-order valence-corrected chi connectivity index (χ4v) is 3.26. The van der Waals surface area contributed by atoms with Crippen LogP contribution < -0.4 is 5.14 Å². The van der Waals surface area contributed by atoms with E-state index < -0.39 is 10.0 Å². The summed E-state index contributed by atoms with van der Waals surface area (Å²) in [6.07, 6.45) is 2.30. The molecule has 14 heavy (non-hydrogen) atoms. The van der Waals surface area contributed by atoms with Gasteiger partial charge in [-0.1, -0.05) is 22.6 Å². The van der Waals surface area contributed by atoms with E-state index in [4.69, 9.17) is 5.14 Å². The Balaban J connectivity index is 2.58. The average molecular weight is 332 g/mol. The maximum Gasteiger partial charge on any atom is 0.212 e. The van der Waals surface area contributed by atoms with Gasteiger partial charge in [0.25, 0.3) is 0 Å². The summed E-state index contributed by atoms with van der Waals surface area (Å²) in [5, 5.41) is 4.82. The Morgan fingerprint density at radius 3 is 2.57 bits per heavy atom. The first-order chi connectivity index (χ1) is 6.41. The van der Waals surface area contributed by atoms with E-state index in [-0.39, 0.29) is 5.25 Å². The van der Waals surface area contributed by atoms with Gasteiger partial charge < -0.3 is 0 Å². The number of rotatable bonds is 2. The summed E-state index contributed by atoms with van der Waals surface area (Å²) in [5.74, 6) is 0. The molecular weight excluding hydrogens is 315 g/mol. The molecule has 0 aromatic carbocycles. The molecule has 0 aliphatic carbocycles. The molecule has 1 saturated heterocycles. The molecular formula is C8H17IN2O2S. The second-order valence-corrected chi connectivity index (χ2v) is 7.40. The molecule has 0 bridgehead atoms. The van der Waals surface area contributed by atoms with Crippen LogP contribution in [0.5, 0.6) is 0 Å². The Labute approximate surface area is 99.4 Å². The molecule has 4 nitrogen and oxygen atoms in total. The Kier molecular flexibility index (Phi) is 4.60. The molecule has 1 aliphatic heterocycles. The summed E-state index contributed by atoms with van der Waals surface area (Å²) in [6, 6.07) is 0. The second kappa shape index (κ2) is 5.09. The van der Waals surface area contributed by atoms with E-state index in [2.05, 4.69) is 34.4 Å². The van der Waals surface area contributed by atoms with Crippen LogP contribution in [0, 0.1) is 0 Å². The van der Waals surface area contributed by atoms with Crippen LogP contribution in [0.2, 0.25) is 0 Å². The van der Waals surface area contributed by atoms with Crippen molar-refractivity contribution >= 4 is 32.6 Å². The van der Waals surface area contributed by atoms with Crippen LogP contribution in [-0.2, 0) is 10.0 Å². The number of sulfonamides is 1. The lowest BCUT2D eigenvalue weighted by Crippen LogP contribution is -2.32. The zero-order chi connectivity index (χ0) is 10.8. The number of hydrogen-bond acceptors (Lipinski definition) is 3. The lowest BCUT2D eigenvalue weighted by molar-refractivity contribution is 0.288. The van der Waals surface area contributed by atoms with Gasteiger partial charge in [-0.25, -0.2) is 13.6 Å². The molecule has 0 aromatic rings. The second-order valence-electron chi connectivity index (χ2n) is 3.75. The van der Waals surface area contributed by atoms with Crippen molar-refractivity contribution in [3.8, 4) is 0 Å². The quantitative estimate of drug-likeness (QED) is 0.464. The third-order valence-electron chi connectivity index (χ3n) is 2.68. The van der Waals surface area contributed by atoms with Gasteiger partial charge in [0.2, 0.25) is 10.0 Å². The third kappa shape index (κ3) is 3.63. The van der Waals surface area contributed by atoms with Crippen LogP contribution in [0.1, 0.15) is 26.2 Å². The largest absolute Gasteiger partial charge is 0.292 e. The van der Waals surface area contributed by atoms with Crippen LogP contribution in [-0.4, -0.2) is 35.7 Å². The Morgan fingerprint density at radius 1 is 1.43 bits per heavy atom. The predicted octanol–water partition coefficient (Wildman–Crippen LogP) is 0.910. The van der Waals surface area contributed by atoms with Crippen LogP contribution in [0.25, 0.3) is 0 Å². The van der Waals surface area contributed by atoms with Crippen molar-refractivity contribution in [2.45, 2.75) is 35.5 Å². The standard InChI is InChI=1S/C8H17IN2O2S/c1-7(9)11-5-2-3-8(4-6-11)14(10,12)13/h7-8H,2-6H2,1H3,(H2,10,12,13). The molecule has 0 amide bonds. The molecule has 84 valence electrons. The maximum atomic E-state index is 11.2. The molecule has 1 rings (SSSR count). The molecule has 1 fully saturated rings. The first-order valence-electron chi connectivity index (χ1n) is 4.81. The zero-order valence-electron chi connectivity index (χ0n) is 8.32. The first-order valence-corrected chi connectivity index (χ1v) is 7.66. The van der Waals surface area contributed by atoms with E-state index in [1.807, 2.05) is 0 Å². The lowest BCUT2D eigenvalue weighted by Gasteiger charge is -2.22. The van der Waals surface area contributed by atoms with Gasteiger partial charge in [0, 0.05) is 6.54 Å². The summed E-state index contributed by atoms with van der Waals surface area (Å²) in [7, 11) is -3.33. The summed E-state index contributed by atoms with van der Waals surface area (Å²) >= 11 is 2.35. The first kappa shape index (κ1) is 12.7. The van der Waals surface area contributed by atoms with Gasteiger partial charge in [-0.05, 0) is 32.7 Å². The van der Waals surface area contributed by atoms with Crippen molar-refractivity contribution < 1.29 is 8.42 Å². The number of nitrogens with two attached hydrogens (primary N) is 1. The third-order valence-corrected chi connectivity index (χ3v) is 4.87. The molecule has 6 heteroatoms. The molecule has 2 atom stereocenters. The van der Waals surface area contributed by atoms with E-state index in [1.54, 1.807) is 0 Å². The minimum Gasteiger partial charge on any atom is -0.292 e. The normalized spacial score (nSPS) is 28.4. The van der Waals surface area contributed by atoms with E-state index >= 15 is 0 Å². The van der Waals surface area contributed by atoms with E-state index in [9.17, 15) is 8.42 Å². The highest BCUT2D eigenvalue weighted by Crippen LogP contribution is 2.19. The summed E-state index contributed by atoms with van der Waals surface area (Å²) in [5.41, 5.74) is 0. The minimum atomic E-state index is -3.33. The van der Waals surface area contributed by atoms with Gasteiger partial charge in [-0.15, -0.1) is 0 Å². The molecule has 0 saturated carbocycles. The molecule has 0 radical (unpaired) electrons. The molecule has 2 unspecified atom stereocenters. The summed E-state index contributed by atoms with van der Waals surface area (Å²) < 4.78 is 22.8. The van der Waals surface area contributed by atoms with Crippen molar-refractivity contribution in [1.82, 2.24) is 4.90 Å². The SMILES string of the molecule is CC(I)N1CCCC(S(N)(=O)=O)CC1. The Hall–Kier alpha value is 0.600. The van der Waals surface area contributed by atoms with Gasteiger partial charge in [-0.3, -0.25) is 4.90 Å². The maximum absolute atomic E-state index is 11.2. The highest BCUT2D eigenvalue weighted by atomic mass is 127. The van der Waals surface area contributed by atoms with Gasteiger partial charge in [0.05, 0.1) is 9.30 Å². The number of primary sulfonamides is 1. The highest BCUT2D eigenvalue weighted by molar-refractivity contribution is 14.1. The fraction of sp³-hybridized carbons (Fsp3) is 1.00. The smallest absolute Gasteiger partial charge is 0.212 e. The summed E-state index contributed by atoms with van der Waals surface area (Å²) in [4.78, 5) is 2.30.